The van der Waals surface area contributed by atoms with E-state index in [0.717, 1.165) is 25.2 Å². The number of ether oxygens (including phenoxy) is 2. The molecule has 2 aromatic carbocycles. The van der Waals surface area contributed by atoms with Gasteiger partial charge in [-0.3, -0.25) is 0 Å². The molecule has 1 fully saturated rings. The van der Waals surface area contributed by atoms with Crippen molar-refractivity contribution in [3.05, 3.63) is 47.5 Å². The molecule has 5 nitrogen and oxygen atoms in total. The second kappa shape index (κ2) is 6.77. The Balaban J connectivity index is 1.88. The minimum atomic E-state index is -4.44. The van der Waals surface area contributed by atoms with Gasteiger partial charge < -0.3 is 19.7 Å². The van der Waals surface area contributed by atoms with E-state index in [4.69, 9.17) is 9.47 Å². The highest BCUT2D eigenvalue weighted by Crippen LogP contribution is 2.42. The molecule has 0 spiro atoms. The van der Waals surface area contributed by atoms with E-state index < -0.39 is 11.7 Å². The number of nitrogens with zero attached hydrogens (tertiary/aromatic N) is 2. The average molecular weight is 377 g/mol. The predicted octanol–water partition coefficient (Wildman–Crippen LogP) is 3.80. The summed E-state index contributed by atoms with van der Waals surface area (Å²) < 4.78 is 50.7. The van der Waals surface area contributed by atoms with Crippen molar-refractivity contribution in [2.24, 2.45) is 4.99 Å². The Morgan fingerprint density at radius 3 is 2.52 bits per heavy atom. The van der Waals surface area contributed by atoms with E-state index in [1.165, 1.54) is 6.07 Å². The SMILES string of the molecule is COc1ccc2c(c1)C(N1CCNCC1)=Nc1cc(C(F)(F)F)ccc1O2. The number of nitrogens with one attached hydrogen (secondary N) is 1. The van der Waals surface area contributed by atoms with Crippen LogP contribution in [-0.4, -0.2) is 44.0 Å². The monoisotopic (exact) mass is 377 g/mol. The molecular weight excluding hydrogens is 359 g/mol. The van der Waals surface area contributed by atoms with Crippen LogP contribution in [0.3, 0.4) is 0 Å². The lowest BCUT2D eigenvalue weighted by atomic mass is 10.1. The molecule has 0 atom stereocenters. The molecule has 0 amide bonds. The number of rotatable bonds is 1. The Morgan fingerprint density at radius 2 is 1.81 bits per heavy atom. The number of methoxy groups -OCH3 is 1. The van der Waals surface area contributed by atoms with Crippen LogP contribution < -0.4 is 14.8 Å². The molecule has 27 heavy (non-hydrogen) atoms. The van der Waals surface area contributed by atoms with E-state index >= 15 is 0 Å². The van der Waals surface area contributed by atoms with Gasteiger partial charge in [0, 0.05) is 26.2 Å². The Bertz CT molecular complexity index is 890. The predicted molar refractivity (Wildman–Crippen MR) is 95.2 cm³/mol. The smallest absolute Gasteiger partial charge is 0.416 e. The van der Waals surface area contributed by atoms with Gasteiger partial charge in [-0.25, -0.2) is 4.99 Å². The van der Waals surface area contributed by atoms with Gasteiger partial charge in [0.05, 0.1) is 18.2 Å². The summed E-state index contributed by atoms with van der Waals surface area (Å²) in [6.45, 7) is 2.94. The Labute approximate surface area is 154 Å². The maximum atomic E-state index is 13.1. The number of piperazine rings is 1. The van der Waals surface area contributed by atoms with E-state index in [9.17, 15) is 13.2 Å². The zero-order chi connectivity index (χ0) is 19.0. The minimum Gasteiger partial charge on any atom is -0.497 e. The fourth-order valence-corrected chi connectivity index (χ4v) is 3.18. The molecule has 142 valence electrons. The van der Waals surface area contributed by atoms with E-state index in [-0.39, 0.29) is 5.69 Å². The van der Waals surface area contributed by atoms with Crippen LogP contribution in [0.2, 0.25) is 0 Å². The molecular formula is C19H18F3N3O2. The molecule has 0 unspecified atom stereocenters. The highest BCUT2D eigenvalue weighted by Gasteiger charge is 2.32. The van der Waals surface area contributed by atoms with Crippen molar-refractivity contribution in [2.45, 2.75) is 6.18 Å². The van der Waals surface area contributed by atoms with Crippen LogP contribution in [0.4, 0.5) is 18.9 Å². The van der Waals surface area contributed by atoms with E-state index in [1.807, 2.05) is 4.90 Å². The van der Waals surface area contributed by atoms with Gasteiger partial charge in [-0.15, -0.1) is 0 Å². The number of alkyl halides is 3. The largest absolute Gasteiger partial charge is 0.497 e. The molecule has 2 aliphatic heterocycles. The molecule has 0 bridgehead atoms. The zero-order valence-corrected chi connectivity index (χ0v) is 14.6. The summed E-state index contributed by atoms with van der Waals surface area (Å²) in [7, 11) is 1.56. The van der Waals surface area contributed by atoms with Crippen molar-refractivity contribution in [1.82, 2.24) is 10.2 Å². The Hall–Kier alpha value is -2.74. The average Bonchev–Trinajstić information content (AvgIpc) is 2.83. The van der Waals surface area contributed by atoms with Crippen LogP contribution >= 0.6 is 0 Å². The van der Waals surface area contributed by atoms with Crippen LogP contribution in [0.1, 0.15) is 11.1 Å². The van der Waals surface area contributed by atoms with Crippen molar-refractivity contribution in [2.75, 3.05) is 33.3 Å². The normalized spacial score (nSPS) is 16.6. The number of halogens is 3. The molecule has 0 radical (unpaired) electrons. The highest BCUT2D eigenvalue weighted by atomic mass is 19.4. The lowest BCUT2D eigenvalue weighted by molar-refractivity contribution is -0.137. The molecule has 1 saturated heterocycles. The van der Waals surface area contributed by atoms with E-state index in [1.54, 1.807) is 25.3 Å². The lowest BCUT2D eigenvalue weighted by Crippen LogP contribution is -2.46. The molecule has 2 heterocycles. The molecule has 2 aromatic rings. The third-order valence-corrected chi connectivity index (χ3v) is 4.58. The summed E-state index contributed by atoms with van der Waals surface area (Å²) in [6, 6.07) is 8.65. The first kappa shape index (κ1) is 17.7. The summed E-state index contributed by atoms with van der Waals surface area (Å²) in [5.41, 5.74) is 0.103. The number of hydrogen-bond donors (Lipinski definition) is 1. The van der Waals surface area contributed by atoms with Gasteiger partial charge in [0.15, 0.2) is 5.75 Å². The first-order valence-electron chi connectivity index (χ1n) is 8.57. The van der Waals surface area contributed by atoms with E-state index in [2.05, 4.69) is 10.3 Å². The van der Waals surface area contributed by atoms with Gasteiger partial charge in [-0.1, -0.05) is 0 Å². The fraction of sp³-hybridized carbons (Fsp3) is 0.316. The third-order valence-electron chi connectivity index (χ3n) is 4.58. The fourth-order valence-electron chi connectivity index (χ4n) is 3.18. The number of hydrogen-bond acceptors (Lipinski definition) is 5. The summed E-state index contributed by atoms with van der Waals surface area (Å²) in [5.74, 6) is 2.04. The first-order chi connectivity index (χ1) is 13.0. The summed E-state index contributed by atoms with van der Waals surface area (Å²) in [6.07, 6.45) is -4.44. The van der Waals surface area contributed by atoms with Crippen LogP contribution in [0.5, 0.6) is 17.2 Å². The number of aliphatic imine (C=N–C) groups is 1. The molecule has 0 aliphatic carbocycles. The molecule has 2 aliphatic rings. The lowest BCUT2D eigenvalue weighted by Gasteiger charge is -2.30. The van der Waals surface area contributed by atoms with Crippen molar-refractivity contribution >= 4 is 11.5 Å². The van der Waals surface area contributed by atoms with Crippen molar-refractivity contribution in [1.29, 1.82) is 0 Å². The maximum absolute atomic E-state index is 13.1. The topological polar surface area (TPSA) is 46.1 Å². The standard InChI is InChI=1S/C19H18F3N3O2/c1-26-13-3-5-16-14(11-13)18(25-8-6-23-7-9-25)24-15-10-12(19(20,21)22)2-4-17(15)27-16/h2-5,10-11,23H,6-9H2,1H3. The number of benzene rings is 2. The summed E-state index contributed by atoms with van der Waals surface area (Å²) >= 11 is 0. The minimum absolute atomic E-state index is 0.161. The summed E-state index contributed by atoms with van der Waals surface area (Å²) in [4.78, 5) is 6.64. The Morgan fingerprint density at radius 1 is 1.07 bits per heavy atom. The van der Waals surface area contributed by atoms with Gasteiger partial charge in [-0.05, 0) is 36.4 Å². The first-order valence-corrected chi connectivity index (χ1v) is 8.57. The van der Waals surface area contributed by atoms with Crippen LogP contribution in [0.25, 0.3) is 0 Å². The molecule has 8 heteroatoms. The van der Waals surface area contributed by atoms with Crippen LogP contribution in [0, 0.1) is 0 Å². The molecule has 4 rings (SSSR count). The summed E-state index contributed by atoms with van der Waals surface area (Å²) in [5, 5.41) is 3.26. The second-order valence-electron chi connectivity index (χ2n) is 6.32. The van der Waals surface area contributed by atoms with Crippen molar-refractivity contribution < 1.29 is 22.6 Å². The highest BCUT2D eigenvalue weighted by molar-refractivity contribution is 6.04. The van der Waals surface area contributed by atoms with Gasteiger partial charge >= 0.3 is 6.18 Å². The number of fused-ring (bicyclic) bond motifs is 2. The van der Waals surface area contributed by atoms with Gasteiger partial charge in [-0.2, -0.15) is 13.2 Å². The zero-order valence-electron chi connectivity index (χ0n) is 14.6. The third kappa shape index (κ3) is 3.44. The number of amidine groups is 1. The van der Waals surface area contributed by atoms with Crippen molar-refractivity contribution in [3.8, 4) is 17.2 Å². The second-order valence-corrected chi connectivity index (χ2v) is 6.32. The van der Waals surface area contributed by atoms with Gasteiger partial charge in [0.25, 0.3) is 0 Å². The maximum Gasteiger partial charge on any atom is 0.416 e. The molecule has 0 aromatic heterocycles. The van der Waals surface area contributed by atoms with Crippen LogP contribution in [-0.2, 0) is 6.18 Å². The van der Waals surface area contributed by atoms with Crippen molar-refractivity contribution in [3.63, 3.8) is 0 Å². The Kier molecular flexibility index (Phi) is 4.43. The van der Waals surface area contributed by atoms with Gasteiger partial charge in [0.1, 0.15) is 23.0 Å². The van der Waals surface area contributed by atoms with E-state index in [0.29, 0.717) is 41.7 Å². The molecule has 0 saturated carbocycles. The molecule has 1 N–H and O–H groups in total. The van der Waals surface area contributed by atoms with Crippen LogP contribution in [0.15, 0.2) is 41.4 Å². The van der Waals surface area contributed by atoms with Gasteiger partial charge in [0.2, 0.25) is 0 Å². The quantitative estimate of drug-likeness (QED) is 0.821.